The van der Waals surface area contributed by atoms with E-state index in [0.29, 0.717) is 17.5 Å². The topological polar surface area (TPSA) is 138 Å². The van der Waals surface area contributed by atoms with Gasteiger partial charge in [0.15, 0.2) is 0 Å². The summed E-state index contributed by atoms with van der Waals surface area (Å²) in [7, 11) is -2.31. The van der Waals surface area contributed by atoms with Crippen molar-refractivity contribution in [1.82, 2.24) is 20.4 Å². The molecule has 2 heterocycles. The van der Waals surface area contributed by atoms with E-state index in [1.54, 1.807) is 19.9 Å². The molecule has 0 fully saturated rings. The van der Waals surface area contributed by atoms with Gasteiger partial charge in [-0.1, -0.05) is 0 Å². The zero-order valence-electron chi connectivity index (χ0n) is 20.8. The Kier molecular flexibility index (Phi) is 8.05. The summed E-state index contributed by atoms with van der Waals surface area (Å²) in [6.45, 7) is 7.05. The molecule has 0 bridgehead atoms. The van der Waals surface area contributed by atoms with Gasteiger partial charge in [-0.3, -0.25) is 13.9 Å². The van der Waals surface area contributed by atoms with Crippen molar-refractivity contribution in [3.63, 3.8) is 0 Å². The highest BCUT2D eigenvalue weighted by Crippen LogP contribution is 2.34. The Balaban J connectivity index is 2.10. The van der Waals surface area contributed by atoms with E-state index in [1.807, 2.05) is 6.92 Å². The molecule has 3 rings (SSSR count). The molecule has 3 aromatic rings. The van der Waals surface area contributed by atoms with Crippen molar-refractivity contribution in [3.05, 3.63) is 58.9 Å². The summed E-state index contributed by atoms with van der Waals surface area (Å²) in [6.07, 6.45) is 2.35. The summed E-state index contributed by atoms with van der Waals surface area (Å²) in [4.78, 5) is 30.6. The van der Waals surface area contributed by atoms with E-state index < -0.39 is 21.7 Å². The fourth-order valence-electron chi connectivity index (χ4n) is 3.26. The van der Waals surface area contributed by atoms with Gasteiger partial charge in [0.25, 0.3) is 5.91 Å². The van der Waals surface area contributed by atoms with Crippen LogP contribution in [0.4, 0.5) is 33.1 Å². The van der Waals surface area contributed by atoms with Crippen molar-refractivity contribution in [3.8, 4) is 0 Å². The summed E-state index contributed by atoms with van der Waals surface area (Å²) in [6, 6.07) is 5.83. The molecule has 13 heteroatoms. The fourth-order valence-corrected chi connectivity index (χ4v) is 3.77. The lowest BCUT2D eigenvalue weighted by molar-refractivity contribution is 0.0365. The van der Waals surface area contributed by atoms with Crippen LogP contribution in [0.25, 0.3) is 0 Å². The number of hydroxylamine groups is 1. The van der Waals surface area contributed by atoms with Crippen molar-refractivity contribution in [2.45, 2.75) is 27.7 Å². The third-order valence-electron chi connectivity index (χ3n) is 5.06. The average molecular weight is 518 g/mol. The van der Waals surface area contributed by atoms with E-state index in [9.17, 15) is 17.6 Å². The largest absolute Gasteiger partial charge is 0.353 e. The number of rotatable bonds is 9. The third kappa shape index (κ3) is 6.43. The number of sulfonamides is 1. The molecule has 0 radical (unpaired) electrons. The molecule has 0 aliphatic rings. The number of aryl methyl sites for hydroxylation is 3. The van der Waals surface area contributed by atoms with Crippen molar-refractivity contribution >= 4 is 44.6 Å². The summed E-state index contributed by atoms with van der Waals surface area (Å²) in [5, 5.41) is 6.05. The fraction of sp³-hybridized carbons (Fsp3) is 0.304. The SMILES string of the molecule is CCONC(=O)c1cnc(Nc2cc(C)nc(C)n2)cc1Nc1cc(F)c(C)cc1N(C)S(C)(=O)=O. The molecule has 0 unspecified atom stereocenters. The summed E-state index contributed by atoms with van der Waals surface area (Å²) in [5.74, 6) is 0.227. The van der Waals surface area contributed by atoms with Crippen LogP contribution in [-0.2, 0) is 14.9 Å². The molecule has 0 aliphatic heterocycles. The van der Waals surface area contributed by atoms with Crippen LogP contribution in [0.3, 0.4) is 0 Å². The number of halogens is 1. The smallest absolute Gasteiger partial charge is 0.278 e. The maximum absolute atomic E-state index is 14.5. The maximum Gasteiger partial charge on any atom is 0.278 e. The first-order chi connectivity index (χ1) is 16.9. The minimum Gasteiger partial charge on any atom is -0.353 e. The van der Waals surface area contributed by atoms with E-state index in [4.69, 9.17) is 4.84 Å². The number of hydrogen-bond donors (Lipinski definition) is 3. The van der Waals surface area contributed by atoms with Gasteiger partial charge in [0, 0.05) is 31.1 Å². The van der Waals surface area contributed by atoms with Crippen molar-refractivity contribution in [2.24, 2.45) is 0 Å². The molecule has 192 valence electrons. The van der Waals surface area contributed by atoms with Gasteiger partial charge >= 0.3 is 0 Å². The number of hydrogen-bond acceptors (Lipinski definition) is 9. The molecule has 0 spiro atoms. The first kappa shape index (κ1) is 26.8. The summed E-state index contributed by atoms with van der Waals surface area (Å²) in [5.41, 5.74) is 3.93. The molecule has 0 saturated carbocycles. The number of carbonyl (C=O) groups excluding carboxylic acids is 1. The predicted octanol–water partition coefficient (Wildman–Crippen LogP) is 3.50. The van der Waals surface area contributed by atoms with Gasteiger partial charge in [-0.05, 0) is 45.4 Å². The minimum absolute atomic E-state index is 0.0815. The normalized spacial score (nSPS) is 11.2. The molecule has 1 amide bonds. The number of aromatic nitrogens is 3. The molecule has 0 saturated heterocycles. The molecule has 11 nitrogen and oxygen atoms in total. The molecule has 0 atom stereocenters. The first-order valence-electron chi connectivity index (χ1n) is 10.9. The Morgan fingerprint density at radius 3 is 2.42 bits per heavy atom. The Hall–Kier alpha value is -3.84. The van der Waals surface area contributed by atoms with Gasteiger partial charge in [-0.2, -0.15) is 0 Å². The zero-order valence-corrected chi connectivity index (χ0v) is 21.6. The lowest BCUT2D eigenvalue weighted by Crippen LogP contribution is -2.26. The highest BCUT2D eigenvalue weighted by atomic mass is 32.2. The van der Waals surface area contributed by atoms with Crippen LogP contribution >= 0.6 is 0 Å². The Bertz CT molecular complexity index is 1380. The number of pyridine rings is 1. The predicted molar refractivity (Wildman–Crippen MR) is 136 cm³/mol. The van der Waals surface area contributed by atoms with Crippen molar-refractivity contribution < 1.29 is 22.4 Å². The molecular formula is C23H28FN7O4S. The van der Waals surface area contributed by atoms with E-state index >= 15 is 0 Å². The number of anilines is 5. The van der Waals surface area contributed by atoms with Crippen LogP contribution in [0.5, 0.6) is 0 Å². The number of carbonyl (C=O) groups is 1. The molecule has 3 N–H and O–H groups in total. The number of amides is 1. The van der Waals surface area contributed by atoms with Gasteiger partial charge in [0.1, 0.15) is 23.3 Å². The van der Waals surface area contributed by atoms with Crippen molar-refractivity contribution in [2.75, 3.05) is 34.8 Å². The molecule has 0 aliphatic carbocycles. The van der Waals surface area contributed by atoms with E-state index in [1.165, 1.54) is 38.4 Å². The van der Waals surface area contributed by atoms with Crippen molar-refractivity contribution in [1.29, 1.82) is 0 Å². The second-order valence-electron chi connectivity index (χ2n) is 8.02. The first-order valence-corrected chi connectivity index (χ1v) is 12.8. The van der Waals surface area contributed by atoms with Crippen LogP contribution in [0.1, 0.15) is 34.4 Å². The quantitative estimate of drug-likeness (QED) is 0.364. The highest BCUT2D eigenvalue weighted by Gasteiger charge is 2.21. The second-order valence-corrected chi connectivity index (χ2v) is 10.0. The average Bonchev–Trinajstić information content (AvgIpc) is 2.78. The molecule has 1 aromatic carbocycles. The van der Waals surface area contributed by atoms with Crippen LogP contribution in [0.15, 0.2) is 30.5 Å². The number of nitrogens with zero attached hydrogens (tertiary/aromatic N) is 4. The second kappa shape index (κ2) is 10.8. The summed E-state index contributed by atoms with van der Waals surface area (Å²) < 4.78 is 40.0. The van der Waals surface area contributed by atoms with Gasteiger partial charge in [-0.25, -0.2) is 33.2 Å². The lowest BCUT2D eigenvalue weighted by Gasteiger charge is -2.23. The van der Waals surface area contributed by atoms with E-state index in [-0.39, 0.29) is 34.8 Å². The van der Waals surface area contributed by atoms with Crippen LogP contribution in [-0.4, -0.2) is 49.2 Å². The Morgan fingerprint density at radius 2 is 1.78 bits per heavy atom. The van der Waals surface area contributed by atoms with Gasteiger partial charge in [0.2, 0.25) is 10.0 Å². The van der Waals surface area contributed by atoms with E-state index in [0.717, 1.165) is 16.3 Å². The lowest BCUT2D eigenvalue weighted by atomic mass is 10.1. The minimum atomic E-state index is -3.66. The third-order valence-corrected chi connectivity index (χ3v) is 6.25. The summed E-state index contributed by atoms with van der Waals surface area (Å²) >= 11 is 0. The van der Waals surface area contributed by atoms with Crippen LogP contribution in [0.2, 0.25) is 0 Å². The number of benzene rings is 1. The number of nitrogens with one attached hydrogen (secondary N) is 3. The Labute approximate surface area is 209 Å². The van der Waals surface area contributed by atoms with Crippen LogP contribution in [0, 0.1) is 26.6 Å². The van der Waals surface area contributed by atoms with Crippen LogP contribution < -0.4 is 20.4 Å². The molecule has 36 heavy (non-hydrogen) atoms. The van der Waals surface area contributed by atoms with Gasteiger partial charge < -0.3 is 10.6 Å². The highest BCUT2D eigenvalue weighted by molar-refractivity contribution is 7.92. The van der Waals surface area contributed by atoms with Gasteiger partial charge in [-0.15, -0.1) is 0 Å². The van der Waals surface area contributed by atoms with E-state index in [2.05, 4.69) is 31.1 Å². The Morgan fingerprint density at radius 1 is 1.06 bits per heavy atom. The molecule has 2 aromatic heterocycles. The monoisotopic (exact) mass is 517 g/mol. The molecular weight excluding hydrogens is 489 g/mol. The maximum atomic E-state index is 14.5. The zero-order chi connectivity index (χ0) is 26.6. The standard InChI is InChI=1S/C23H28FN7O4S/c1-7-35-30-23(32)16-12-25-21(29-22-9-14(3)26-15(4)27-22)11-18(16)28-19-10-17(24)13(2)8-20(19)31(5)36(6,33)34/h8-12H,7H2,1-6H3,(H,30,32)(H2,25,26,27,28,29). The van der Waals surface area contributed by atoms with Gasteiger partial charge in [0.05, 0.1) is 35.5 Å².